The third kappa shape index (κ3) is 2.18. The van der Waals surface area contributed by atoms with E-state index >= 15 is 0 Å². The van der Waals surface area contributed by atoms with Crippen molar-refractivity contribution in [3.63, 3.8) is 0 Å². The number of carbonyl (C=O) groups excluding carboxylic acids is 2. The molecule has 1 aliphatic heterocycles. The van der Waals surface area contributed by atoms with Crippen molar-refractivity contribution >= 4 is 34.4 Å². The number of carbonyl (C=O) groups is 2. The normalized spacial score (nSPS) is 15.5. The fourth-order valence-electron chi connectivity index (χ4n) is 2.85. The minimum absolute atomic E-state index is 0.390. The van der Waals surface area contributed by atoms with Crippen LogP contribution in [0, 0.1) is 0 Å². The molecule has 0 saturated heterocycles. The lowest BCUT2D eigenvalue weighted by Gasteiger charge is -2.17. The second-order valence-corrected chi connectivity index (χ2v) is 5.41. The number of ether oxygens (including phenoxy) is 1. The van der Waals surface area contributed by atoms with E-state index in [0.717, 1.165) is 5.39 Å². The Morgan fingerprint density at radius 2 is 1.79 bits per heavy atom. The molecule has 1 aromatic heterocycles. The summed E-state index contributed by atoms with van der Waals surface area (Å²) in [5.74, 6) is 0.315. The Morgan fingerprint density at radius 1 is 1.00 bits per heavy atom. The van der Waals surface area contributed by atoms with Gasteiger partial charge in [-0.05, 0) is 24.3 Å². The molecule has 0 spiro atoms. The number of furan rings is 1. The first-order valence-electron chi connectivity index (χ1n) is 7.40. The van der Waals surface area contributed by atoms with Gasteiger partial charge in [0.1, 0.15) is 5.76 Å². The van der Waals surface area contributed by atoms with Crippen molar-refractivity contribution in [2.45, 2.75) is 0 Å². The molecule has 2 aromatic carbocycles. The van der Waals surface area contributed by atoms with Crippen LogP contribution in [0.1, 0.15) is 21.7 Å². The molecular formula is C19H13NO4. The van der Waals surface area contributed by atoms with Crippen molar-refractivity contribution in [2.24, 2.45) is 0 Å². The predicted molar refractivity (Wildman–Crippen MR) is 89.6 cm³/mol. The molecular weight excluding hydrogens is 306 g/mol. The lowest BCUT2D eigenvalue weighted by molar-refractivity contribution is -0.114. The molecule has 24 heavy (non-hydrogen) atoms. The Bertz CT molecular complexity index is 1010. The van der Waals surface area contributed by atoms with Crippen molar-refractivity contribution in [3.8, 4) is 5.75 Å². The Labute approximate surface area is 137 Å². The topological polar surface area (TPSA) is 68.5 Å². The van der Waals surface area contributed by atoms with Crippen LogP contribution in [0.15, 0.2) is 52.9 Å². The van der Waals surface area contributed by atoms with Crippen molar-refractivity contribution in [3.05, 3.63) is 65.4 Å². The zero-order valence-electron chi connectivity index (χ0n) is 12.8. The monoisotopic (exact) mass is 319 g/mol. The Balaban J connectivity index is 1.88. The molecule has 2 amide bonds. The molecule has 4 rings (SSSR count). The van der Waals surface area contributed by atoms with Crippen LogP contribution in [0.25, 0.3) is 22.6 Å². The highest BCUT2D eigenvalue weighted by molar-refractivity contribution is 6.33. The van der Waals surface area contributed by atoms with Crippen LogP contribution < -0.4 is 10.1 Å². The number of rotatable bonds is 2. The van der Waals surface area contributed by atoms with E-state index in [2.05, 4.69) is 5.32 Å². The van der Waals surface area contributed by atoms with E-state index in [-0.39, 0.29) is 5.91 Å². The van der Waals surface area contributed by atoms with Gasteiger partial charge in [0.2, 0.25) is 0 Å². The van der Waals surface area contributed by atoms with Gasteiger partial charge in [0.05, 0.1) is 12.7 Å². The number of nitrogens with one attached hydrogen (secondary N) is 1. The van der Waals surface area contributed by atoms with Gasteiger partial charge in [0, 0.05) is 16.5 Å². The van der Waals surface area contributed by atoms with Gasteiger partial charge in [-0.25, -0.2) is 0 Å². The van der Waals surface area contributed by atoms with Crippen LogP contribution in [0.2, 0.25) is 0 Å². The Hall–Kier alpha value is -3.34. The molecule has 1 N–H and O–H groups in total. The summed E-state index contributed by atoms with van der Waals surface area (Å²) >= 11 is 0. The van der Waals surface area contributed by atoms with E-state index in [9.17, 15) is 9.59 Å². The maximum absolute atomic E-state index is 12.2. The maximum Gasteiger partial charge on any atom is 0.258 e. The standard InChI is InChI=1S/C19H13NO4/c1-23-16-8-4-5-11-9-12(24-17(11)16)10-15-13-6-2-3-7-14(13)18(21)20-19(15)22/h2-10H,1H3,(H,20,21,22)/b15-10-. The number of fused-ring (bicyclic) bond motifs is 2. The first-order chi connectivity index (χ1) is 11.7. The minimum Gasteiger partial charge on any atom is -0.493 e. The predicted octanol–water partition coefficient (Wildman–Crippen LogP) is 3.25. The number of methoxy groups -OCH3 is 1. The molecule has 0 saturated carbocycles. The average molecular weight is 319 g/mol. The highest BCUT2D eigenvalue weighted by atomic mass is 16.5. The van der Waals surface area contributed by atoms with Gasteiger partial charge in [0.15, 0.2) is 11.3 Å². The summed E-state index contributed by atoms with van der Waals surface area (Å²) in [6.07, 6.45) is 1.64. The van der Waals surface area contributed by atoms with Crippen molar-refractivity contribution < 1.29 is 18.7 Å². The van der Waals surface area contributed by atoms with Crippen molar-refractivity contribution in [1.82, 2.24) is 5.32 Å². The van der Waals surface area contributed by atoms with Crippen LogP contribution in [-0.4, -0.2) is 18.9 Å². The van der Waals surface area contributed by atoms with Crippen LogP contribution in [0.4, 0.5) is 0 Å². The van der Waals surface area contributed by atoms with E-state index in [1.165, 1.54) is 0 Å². The van der Waals surface area contributed by atoms with Crippen LogP contribution in [-0.2, 0) is 4.79 Å². The van der Waals surface area contributed by atoms with Gasteiger partial charge >= 0.3 is 0 Å². The van der Waals surface area contributed by atoms with Crippen LogP contribution in [0.5, 0.6) is 5.75 Å². The fraction of sp³-hybridized carbons (Fsp3) is 0.0526. The third-order valence-corrected chi connectivity index (χ3v) is 3.97. The minimum atomic E-state index is -0.439. The number of amides is 2. The molecule has 0 fully saturated rings. The summed E-state index contributed by atoms with van der Waals surface area (Å²) in [6, 6.07) is 14.4. The summed E-state index contributed by atoms with van der Waals surface area (Å²) in [5.41, 5.74) is 2.08. The number of hydrogen-bond acceptors (Lipinski definition) is 4. The second-order valence-electron chi connectivity index (χ2n) is 5.41. The Morgan fingerprint density at radius 3 is 2.58 bits per heavy atom. The number of benzene rings is 2. The molecule has 0 atom stereocenters. The Kier molecular flexibility index (Phi) is 3.20. The maximum atomic E-state index is 12.2. The van der Waals surface area contributed by atoms with Gasteiger partial charge < -0.3 is 9.15 Å². The first kappa shape index (κ1) is 14.3. The third-order valence-electron chi connectivity index (χ3n) is 3.97. The van der Waals surface area contributed by atoms with E-state index in [1.54, 1.807) is 37.5 Å². The summed E-state index contributed by atoms with van der Waals surface area (Å²) in [6.45, 7) is 0. The zero-order valence-corrected chi connectivity index (χ0v) is 12.8. The summed E-state index contributed by atoms with van der Waals surface area (Å²) < 4.78 is 11.1. The van der Waals surface area contributed by atoms with Crippen LogP contribution in [0.3, 0.4) is 0 Å². The molecule has 118 valence electrons. The quantitative estimate of drug-likeness (QED) is 0.581. The number of hydrogen-bond donors (Lipinski definition) is 1. The summed E-state index contributed by atoms with van der Waals surface area (Å²) in [5, 5.41) is 3.23. The van der Waals surface area contributed by atoms with Gasteiger partial charge in [-0.2, -0.15) is 0 Å². The van der Waals surface area contributed by atoms with E-state index in [1.807, 2.05) is 24.3 Å². The first-order valence-corrected chi connectivity index (χ1v) is 7.40. The smallest absolute Gasteiger partial charge is 0.258 e. The van der Waals surface area contributed by atoms with Crippen LogP contribution >= 0.6 is 0 Å². The highest BCUT2D eigenvalue weighted by Crippen LogP contribution is 2.31. The number of imide groups is 1. The molecule has 0 unspecified atom stereocenters. The SMILES string of the molecule is COc1cccc2cc(/C=C3\C(=O)NC(=O)c4ccccc43)oc12. The lowest BCUT2D eigenvalue weighted by Crippen LogP contribution is -2.36. The molecule has 3 aromatic rings. The van der Waals surface area contributed by atoms with Gasteiger partial charge in [-0.3, -0.25) is 14.9 Å². The zero-order chi connectivity index (χ0) is 16.7. The van der Waals surface area contributed by atoms with E-state index in [0.29, 0.717) is 33.8 Å². The van der Waals surface area contributed by atoms with Gasteiger partial charge in [0.25, 0.3) is 11.8 Å². The summed E-state index contributed by atoms with van der Waals surface area (Å²) in [4.78, 5) is 24.2. The molecule has 0 bridgehead atoms. The molecule has 1 aliphatic rings. The van der Waals surface area contributed by atoms with Crippen molar-refractivity contribution in [1.29, 1.82) is 0 Å². The molecule has 2 heterocycles. The largest absolute Gasteiger partial charge is 0.493 e. The fourth-order valence-corrected chi connectivity index (χ4v) is 2.85. The highest BCUT2D eigenvalue weighted by Gasteiger charge is 2.27. The molecule has 5 nitrogen and oxygen atoms in total. The molecule has 5 heteroatoms. The lowest BCUT2D eigenvalue weighted by atomic mass is 9.94. The molecule has 0 aliphatic carbocycles. The van der Waals surface area contributed by atoms with Gasteiger partial charge in [-0.15, -0.1) is 0 Å². The van der Waals surface area contributed by atoms with E-state index in [4.69, 9.17) is 9.15 Å². The second kappa shape index (κ2) is 5.38. The van der Waals surface area contributed by atoms with Gasteiger partial charge in [-0.1, -0.05) is 30.3 Å². The number of para-hydroxylation sites is 1. The summed E-state index contributed by atoms with van der Waals surface area (Å²) in [7, 11) is 1.58. The van der Waals surface area contributed by atoms with E-state index < -0.39 is 5.91 Å². The molecule has 0 radical (unpaired) electrons. The van der Waals surface area contributed by atoms with Crippen molar-refractivity contribution in [2.75, 3.05) is 7.11 Å². The average Bonchev–Trinajstić information content (AvgIpc) is 3.01.